The fraction of sp³-hybridized carbons (Fsp3) is 0.0625. The van der Waals surface area contributed by atoms with Crippen LogP contribution in [0.1, 0.15) is 10.4 Å². The van der Waals surface area contributed by atoms with Crippen molar-refractivity contribution in [1.29, 1.82) is 0 Å². The highest BCUT2D eigenvalue weighted by Gasteiger charge is 2.07. The Morgan fingerprint density at radius 2 is 1.86 bits per heavy atom. The van der Waals surface area contributed by atoms with Gasteiger partial charge in [-0.15, -0.1) is 0 Å². The lowest BCUT2D eigenvalue weighted by Gasteiger charge is -2.11. The normalized spacial score (nSPS) is 10.4. The summed E-state index contributed by atoms with van der Waals surface area (Å²) in [6.45, 7) is 0. The Hall–Kier alpha value is -2.60. The summed E-state index contributed by atoms with van der Waals surface area (Å²) >= 11 is 1.39. The quantitative estimate of drug-likeness (QED) is 0.464. The van der Waals surface area contributed by atoms with Crippen molar-refractivity contribution in [1.82, 2.24) is 0 Å². The third-order valence-corrected chi connectivity index (χ3v) is 3.75. The first-order chi connectivity index (χ1) is 10.8. The van der Waals surface area contributed by atoms with Crippen molar-refractivity contribution >= 4 is 47.8 Å². The molecule has 112 valence electrons. The van der Waals surface area contributed by atoms with Gasteiger partial charge < -0.3 is 10.0 Å². The average molecular weight is 313 g/mol. The molecule has 2 aromatic rings. The molecule has 2 N–H and O–H groups in total. The molecular formula is C16H15N3O2S. The van der Waals surface area contributed by atoms with Crippen LogP contribution >= 0.6 is 11.9 Å². The molecule has 0 amide bonds. The molecule has 0 aromatic heterocycles. The van der Waals surface area contributed by atoms with Crippen LogP contribution in [0.3, 0.4) is 0 Å². The van der Waals surface area contributed by atoms with Crippen LogP contribution in [0, 0.1) is 0 Å². The Labute approximate surface area is 133 Å². The smallest absolute Gasteiger partial charge is 0.161 e. The fourth-order valence-electron chi connectivity index (χ4n) is 1.79. The van der Waals surface area contributed by atoms with E-state index in [2.05, 4.69) is 15.0 Å². The summed E-state index contributed by atoms with van der Waals surface area (Å²) in [6, 6.07) is 12.8. The highest BCUT2D eigenvalue weighted by atomic mass is 32.2. The zero-order valence-electron chi connectivity index (χ0n) is 11.9. The van der Waals surface area contributed by atoms with Crippen LogP contribution in [0.5, 0.6) is 0 Å². The van der Waals surface area contributed by atoms with E-state index in [1.54, 1.807) is 19.2 Å². The minimum atomic E-state index is 0.629. The minimum Gasteiger partial charge on any atom is -0.386 e. The predicted octanol–water partition coefficient (Wildman–Crippen LogP) is 3.56. The summed E-state index contributed by atoms with van der Waals surface area (Å²) in [6.07, 6.45) is 2.67. The van der Waals surface area contributed by atoms with Crippen LogP contribution in [0.4, 0.5) is 17.1 Å². The van der Waals surface area contributed by atoms with E-state index < -0.39 is 0 Å². The second-order valence-corrected chi connectivity index (χ2v) is 5.11. The number of carbonyl (C=O) groups excluding carboxylic acids is 2. The Morgan fingerprint density at radius 1 is 1.09 bits per heavy atom. The van der Waals surface area contributed by atoms with Gasteiger partial charge in [-0.05, 0) is 48.3 Å². The lowest BCUT2D eigenvalue weighted by molar-refractivity contribution is -0.102. The topological polar surface area (TPSA) is 70.6 Å². The molecule has 0 heterocycles. The molecular weight excluding hydrogens is 298 g/mol. The summed E-state index contributed by atoms with van der Waals surface area (Å²) in [4.78, 5) is 26.2. The van der Waals surface area contributed by atoms with Gasteiger partial charge >= 0.3 is 0 Å². The van der Waals surface area contributed by atoms with Gasteiger partial charge in [0.25, 0.3) is 0 Å². The number of benzene rings is 2. The van der Waals surface area contributed by atoms with Crippen LogP contribution in [0.2, 0.25) is 0 Å². The van der Waals surface area contributed by atoms with Crippen molar-refractivity contribution in [2.45, 2.75) is 4.90 Å². The molecule has 0 fully saturated rings. The van der Waals surface area contributed by atoms with Crippen LogP contribution in [-0.4, -0.2) is 25.8 Å². The summed E-state index contributed by atoms with van der Waals surface area (Å²) in [5, 5.41) is 3.05. The molecule has 0 spiro atoms. The van der Waals surface area contributed by atoms with Crippen molar-refractivity contribution < 1.29 is 9.59 Å². The molecule has 0 saturated carbocycles. The lowest BCUT2D eigenvalue weighted by atomic mass is 10.2. The number of rotatable bonds is 7. The second kappa shape index (κ2) is 7.99. The third-order valence-electron chi connectivity index (χ3n) is 2.86. The number of nitrogens with zero attached hydrogens (tertiary/aromatic N) is 1. The van der Waals surface area contributed by atoms with E-state index in [9.17, 15) is 9.59 Å². The van der Waals surface area contributed by atoms with Gasteiger partial charge in [-0.1, -0.05) is 6.07 Å². The molecule has 2 rings (SSSR count). The number of aldehydes is 2. The Morgan fingerprint density at radius 3 is 2.50 bits per heavy atom. The van der Waals surface area contributed by atoms with Crippen LogP contribution < -0.4 is 10.0 Å². The molecule has 0 aliphatic carbocycles. The zero-order chi connectivity index (χ0) is 15.8. The molecule has 0 unspecified atom stereocenters. The predicted molar refractivity (Wildman–Crippen MR) is 91.5 cm³/mol. The van der Waals surface area contributed by atoms with Crippen LogP contribution in [0.25, 0.3) is 0 Å². The summed E-state index contributed by atoms with van der Waals surface area (Å²) < 4.78 is 3.19. The maximum absolute atomic E-state index is 10.6. The Kier molecular flexibility index (Phi) is 5.73. The van der Waals surface area contributed by atoms with E-state index in [1.165, 1.54) is 18.2 Å². The summed E-state index contributed by atoms with van der Waals surface area (Å²) in [7, 11) is 1.80. The first-order valence-corrected chi connectivity index (χ1v) is 7.37. The van der Waals surface area contributed by atoms with Crippen LogP contribution in [0.15, 0.2) is 52.4 Å². The molecule has 22 heavy (non-hydrogen) atoms. The molecule has 0 aliphatic rings. The first kappa shape index (κ1) is 15.8. The number of para-hydroxylation sites is 1. The standard InChI is InChI=1S/C16H15N3O2S/c1-17-14-3-2-4-15(16(14)18-9-10-20)22-19-13-7-5-12(11-21)6-8-13/h2-11,17,19H,1H3/b18-9-. The molecule has 0 atom stereocenters. The van der Waals surface area contributed by atoms with Crippen LogP contribution in [-0.2, 0) is 4.79 Å². The molecule has 0 aliphatic heterocycles. The molecule has 0 saturated heterocycles. The van der Waals surface area contributed by atoms with Gasteiger partial charge in [0, 0.05) is 18.3 Å². The van der Waals surface area contributed by atoms with E-state index in [4.69, 9.17) is 0 Å². The van der Waals surface area contributed by atoms with E-state index >= 15 is 0 Å². The highest BCUT2D eigenvalue weighted by molar-refractivity contribution is 8.00. The van der Waals surface area contributed by atoms with Gasteiger partial charge in [-0.25, -0.2) is 0 Å². The monoisotopic (exact) mass is 313 g/mol. The maximum atomic E-state index is 10.6. The zero-order valence-corrected chi connectivity index (χ0v) is 12.8. The van der Waals surface area contributed by atoms with Crippen molar-refractivity contribution in [3.05, 3.63) is 48.0 Å². The van der Waals surface area contributed by atoms with Gasteiger partial charge in [-0.3, -0.25) is 14.6 Å². The average Bonchev–Trinajstić information content (AvgIpc) is 2.58. The third kappa shape index (κ3) is 3.95. The molecule has 0 bridgehead atoms. The van der Waals surface area contributed by atoms with Gasteiger partial charge in [0.15, 0.2) is 6.29 Å². The van der Waals surface area contributed by atoms with Gasteiger partial charge in [0.05, 0.1) is 16.8 Å². The van der Waals surface area contributed by atoms with E-state index in [-0.39, 0.29) is 0 Å². The first-order valence-electron chi connectivity index (χ1n) is 6.55. The number of hydrogen-bond acceptors (Lipinski definition) is 6. The number of nitrogens with one attached hydrogen (secondary N) is 2. The van der Waals surface area contributed by atoms with Crippen molar-refractivity contribution in [2.24, 2.45) is 4.99 Å². The molecule has 2 aromatic carbocycles. The molecule has 5 nitrogen and oxygen atoms in total. The fourth-order valence-corrected chi connectivity index (χ4v) is 2.56. The number of carbonyl (C=O) groups is 2. The van der Waals surface area contributed by atoms with Gasteiger partial charge in [-0.2, -0.15) is 0 Å². The lowest BCUT2D eigenvalue weighted by Crippen LogP contribution is -1.92. The van der Waals surface area contributed by atoms with E-state index in [0.717, 1.165) is 22.6 Å². The number of hydrogen-bond donors (Lipinski definition) is 2. The molecule has 0 radical (unpaired) electrons. The SMILES string of the molecule is CNc1cccc(SNc2ccc(C=O)cc2)c1/N=C\C=O. The summed E-state index contributed by atoms with van der Waals surface area (Å²) in [5.41, 5.74) is 3.03. The number of aliphatic imine (C=N–C) groups is 1. The summed E-state index contributed by atoms with van der Waals surface area (Å²) in [5.74, 6) is 0. The van der Waals surface area contributed by atoms with Crippen molar-refractivity contribution in [3.63, 3.8) is 0 Å². The van der Waals surface area contributed by atoms with Gasteiger partial charge in [0.1, 0.15) is 12.0 Å². The second-order valence-electron chi connectivity index (χ2n) is 4.26. The maximum Gasteiger partial charge on any atom is 0.161 e. The minimum absolute atomic E-state index is 0.629. The largest absolute Gasteiger partial charge is 0.386 e. The Balaban J connectivity index is 2.19. The van der Waals surface area contributed by atoms with Crippen molar-refractivity contribution in [3.8, 4) is 0 Å². The highest BCUT2D eigenvalue weighted by Crippen LogP contribution is 2.36. The van der Waals surface area contributed by atoms with E-state index in [0.29, 0.717) is 17.5 Å². The van der Waals surface area contributed by atoms with Crippen molar-refractivity contribution in [2.75, 3.05) is 17.1 Å². The van der Waals surface area contributed by atoms with E-state index in [1.807, 2.05) is 30.3 Å². The Bertz CT molecular complexity index is 684. The molecule has 6 heteroatoms. The van der Waals surface area contributed by atoms with Gasteiger partial charge in [0.2, 0.25) is 0 Å². The number of anilines is 2.